The van der Waals surface area contributed by atoms with Gasteiger partial charge in [0.1, 0.15) is 0 Å². The largest absolute Gasteiger partial charge is 0.433 e. The predicted octanol–water partition coefficient (Wildman–Crippen LogP) is 1.11. The van der Waals surface area contributed by atoms with Gasteiger partial charge in [0.2, 0.25) is 11.7 Å². The Morgan fingerprint density at radius 3 is 2.85 bits per heavy atom. The van der Waals surface area contributed by atoms with Crippen molar-refractivity contribution in [1.29, 1.82) is 0 Å². The number of amides is 1. The number of fused-ring (bicyclic) bond motifs is 1. The van der Waals surface area contributed by atoms with Gasteiger partial charge in [-0.25, -0.2) is 0 Å². The van der Waals surface area contributed by atoms with Crippen molar-refractivity contribution in [3.63, 3.8) is 0 Å². The maximum Gasteiger partial charge on any atom is 0.315 e. The summed E-state index contributed by atoms with van der Waals surface area (Å²) in [7, 11) is 0. The van der Waals surface area contributed by atoms with Gasteiger partial charge in [0, 0.05) is 17.9 Å². The van der Waals surface area contributed by atoms with Gasteiger partial charge < -0.3 is 15.6 Å². The number of rotatable bonds is 4. The molecule has 5 fully saturated rings. The van der Waals surface area contributed by atoms with Crippen molar-refractivity contribution in [3.8, 4) is 0 Å². The third kappa shape index (κ3) is 1.53. The number of carbonyl (C=O) groups is 2. The molecule has 110 valence electrons. The summed E-state index contributed by atoms with van der Waals surface area (Å²) in [6, 6.07) is 0. The van der Waals surface area contributed by atoms with Crippen LogP contribution in [0, 0.1) is 23.2 Å². The summed E-state index contributed by atoms with van der Waals surface area (Å²) >= 11 is 0. The van der Waals surface area contributed by atoms with Crippen LogP contribution in [0.4, 0.5) is 0 Å². The second-order valence-electron chi connectivity index (χ2n) is 6.60. The Balaban J connectivity index is 1.78. The average molecular weight is 279 g/mol. The van der Waals surface area contributed by atoms with E-state index in [4.69, 9.17) is 10.5 Å². The Bertz CT molecular complexity index is 514. The third-order valence-electron chi connectivity index (χ3n) is 5.83. The fourth-order valence-electron chi connectivity index (χ4n) is 4.47. The molecule has 3 N–H and O–H groups in total. The highest BCUT2D eigenvalue weighted by atomic mass is 16.7. The van der Waals surface area contributed by atoms with Crippen LogP contribution in [0.1, 0.15) is 39.5 Å². The summed E-state index contributed by atoms with van der Waals surface area (Å²) in [5.74, 6) is -1.51. The summed E-state index contributed by atoms with van der Waals surface area (Å²) < 4.78 is 5.30. The number of allylic oxidation sites excluding steroid dienone is 1. The molecule has 5 aliphatic rings. The first-order valence-corrected chi connectivity index (χ1v) is 7.23. The van der Waals surface area contributed by atoms with E-state index in [1.165, 1.54) is 0 Å². The molecule has 0 aromatic rings. The first kappa shape index (κ1) is 13.6. The Morgan fingerprint density at radius 2 is 2.30 bits per heavy atom. The number of hydrogen-bond acceptors (Lipinski definition) is 4. The van der Waals surface area contributed by atoms with Crippen molar-refractivity contribution < 1.29 is 19.4 Å². The smallest absolute Gasteiger partial charge is 0.315 e. The highest BCUT2D eigenvalue weighted by molar-refractivity contribution is 5.91. The molecule has 3 aliphatic carbocycles. The minimum atomic E-state index is -1.24. The van der Waals surface area contributed by atoms with Crippen LogP contribution in [0.2, 0.25) is 0 Å². The van der Waals surface area contributed by atoms with Crippen molar-refractivity contribution in [2.24, 2.45) is 28.9 Å². The van der Waals surface area contributed by atoms with Gasteiger partial charge in [0.25, 0.3) is 0 Å². The van der Waals surface area contributed by atoms with Crippen LogP contribution in [0.5, 0.6) is 0 Å². The van der Waals surface area contributed by atoms with Crippen LogP contribution in [-0.2, 0) is 14.3 Å². The van der Waals surface area contributed by atoms with Gasteiger partial charge in [0.05, 0.1) is 5.41 Å². The van der Waals surface area contributed by atoms with Gasteiger partial charge in [-0.15, -0.1) is 0 Å². The van der Waals surface area contributed by atoms with Crippen LogP contribution in [0.15, 0.2) is 11.6 Å². The van der Waals surface area contributed by atoms with Gasteiger partial charge in [0.15, 0.2) is 0 Å². The van der Waals surface area contributed by atoms with E-state index in [2.05, 4.69) is 0 Å². The standard InChI is InChI=1S/C15H21NO4/c1-8(12(16)17)4-3-5-14-10-6-11(14)9(2)15(19,7-10)20-13(14)18/h4,9-11,19H,3,5-7H2,1-2H3,(H2,16,17)/b8-4+/t9-,10+,11+,14+,15-/m0/s1. The first-order chi connectivity index (χ1) is 9.31. The topological polar surface area (TPSA) is 89.6 Å². The van der Waals surface area contributed by atoms with E-state index in [1.807, 2.05) is 6.92 Å². The summed E-state index contributed by atoms with van der Waals surface area (Å²) in [5.41, 5.74) is 5.28. The minimum Gasteiger partial charge on any atom is -0.433 e. The van der Waals surface area contributed by atoms with Crippen molar-refractivity contribution in [1.82, 2.24) is 0 Å². The van der Waals surface area contributed by atoms with E-state index in [1.54, 1.807) is 13.0 Å². The van der Waals surface area contributed by atoms with E-state index in [0.717, 1.165) is 6.42 Å². The normalized spacial score (nSPS) is 45.9. The van der Waals surface area contributed by atoms with Crippen LogP contribution in [0.25, 0.3) is 0 Å². The molecule has 2 saturated heterocycles. The molecule has 0 radical (unpaired) electrons. The lowest BCUT2D eigenvalue weighted by Gasteiger charge is -2.68. The van der Waals surface area contributed by atoms with Gasteiger partial charge in [-0.2, -0.15) is 0 Å². The minimum absolute atomic E-state index is 0.00795. The monoisotopic (exact) mass is 279 g/mol. The number of ether oxygens (including phenoxy) is 1. The fraction of sp³-hybridized carbons (Fsp3) is 0.733. The molecule has 1 amide bonds. The van der Waals surface area contributed by atoms with E-state index >= 15 is 0 Å². The third-order valence-corrected chi connectivity index (χ3v) is 5.83. The Morgan fingerprint density at radius 1 is 1.60 bits per heavy atom. The van der Waals surface area contributed by atoms with Gasteiger partial charge in [-0.1, -0.05) is 13.0 Å². The zero-order chi connectivity index (χ0) is 14.7. The molecule has 4 bridgehead atoms. The number of hydrogen-bond donors (Lipinski definition) is 2. The van der Waals surface area contributed by atoms with Crippen molar-refractivity contribution in [2.75, 3.05) is 0 Å². The number of nitrogens with two attached hydrogens (primary N) is 1. The quantitative estimate of drug-likeness (QED) is 0.596. The summed E-state index contributed by atoms with van der Waals surface area (Å²) in [6.07, 6.45) is 4.66. The van der Waals surface area contributed by atoms with E-state index in [-0.39, 0.29) is 23.7 Å². The first-order valence-electron chi connectivity index (χ1n) is 7.23. The Hall–Kier alpha value is -1.36. The molecule has 0 spiro atoms. The van der Waals surface area contributed by atoms with E-state index < -0.39 is 17.1 Å². The van der Waals surface area contributed by atoms with Crippen LogP contribution < -0.4 is 5.73 Å². The Labute approximate surface area is 118 Å². The molecule has 0 unspecified atom stereocenters. The SMILES string of the molecule is C/C(=C\CC[C@@]12C(=O)O[C@@]3(O)C[C@H]1C[C@@H]2[C@@H]3C)C(N)=O. The van der Waals surface area contributed by atoms with Gasteiger partial charge >= 0.3 is 5.97 Å². The lowest BCUT2D eigenvalue weighted by Crippen LogP contribution is -2.73. The van der Waals surface area contributed by atoms with Crippen molar-refractivity contribution in [2.45, 2.75) is 45.3 Å². The fourth-order valence-corrected chi connectivity index (χ4v) is 4.47. The zero-order valence-corrected chi connectivity index (χ0v) is 11.9. The highest BCUT2D eigenvalue weighted by Crippen LogP contribution is 2.70. The van der Waals surface area contributed by atoms with Crippen molar-refractivity contribution in [3.05, 3.63) is 11.6 Å². The highest BCUT2D eigenvalue weighted by Gasteiger charge is 2.74. The number of esters is 1. The second kappa shape index (κ2) is 4.07. The maximum absolute atomic E-state index is 12.3. The predicted molar refractivity (Wildman–Crippen MR) is 71.0 cm³/mol. The second-order valence-corrected chi connectivity index (χ2v) is 6.60. The van der Waals surface area contributed by atoms with Crippen LogP contribution in [-0.4, -0.2) is 22.8 Å². The number of aliphatic hydroxyl groups is 1. The summed E-state index contributed by atoms with van der Waals surface area (Å²) in [6.45, 7) is 3.65. The van der Waals surface area contributed by atoms with Gasteiger partial charge in [-0.3, -0.25) is 9.59 Å². The molecule has 2 aliphatic heterocycles. The molecule has 2 heterocycles. The number of carbonyl (C=O) groups excluding carboxylic acids is 2. The molecule has 3 saturated carbocycles. The lowest BCUT2D eigenvalue weighted by atomic mass is 9.40. The molecule has 5 atom stereocenters. The molecule has 0 aromatic heterocycles. The van der Waals surface area contributed by atoms with Crippen LogP contribution >= 0.6 is 0 Å². The summed E-state index contributed by atoms with van der Waals surface area (Å²) in [5, 5.41) is 10.3. The lowest BCUT2D eigenvalue weighted by molar-refractivity contribution is -0.355. The summed E-state index contributed by atoms with van der Waals surface area (Å²) in [4.78, 5) is 23.3. The number of primary amides is 1. The molecule has 5 heteroatoms. The molecule has 0 aromatic carbocycles. The molecule has 5 nitrogen and oxygen atoms in total. The van der Waals surface area contributed by atoms with E-state index in [0.29, 0.717) is 24.8 Å². The average Bonchev–Trinajstić information content (AvgIpc) is 2.34. The van der Waals surface area contributed by atoms with Gasteiger partial charge in [-0.05, 0) is 38.0 Å². The molecule has 20 heavy (non-hydrogen) atoms. The molecular formula is C15H21NO4. The molecular weight excluding hydrogens is 258 g/mol. The van der Waals surface area contributed by atoms with Crippen LogP contribution in [0.3, 0.4) is 0 Å². The van der Waals surface area contributed by atoms with Crippen molar-refractivity contribution >= 4 is 11.9 Å². The molecule has 5 rings (SSSR count). The maximum atomic E-state index is 12.3. The zero-order valence-electron chi connectivity index (χ0n) is 11.9. The van der Waals surface area contributed by atoms with E-state index in [9.17, 15) is 14.7 Å². The Kier molecular flexibility index (Phi) is 2.77.